The van der Waals surface area contributed by atoms with Crippen molar-refractivity contribution in [3.05, 3.63) is 11.8 Å². The van der Waals surface area contributed by atoms with Gasteiger partial charge >= 0.3 is 6.61 Å². The molecule has 0 spiro atoms. The number of halogens is 2. The molecule has 13 heavy (non-hydrogen) atoms. The number of allylic oxidation sites excluding steroid dienone is 1. The highest BCUT2D eigenvalue weighted by atomic mass is 19.3. The fraction of sp³-hybridized carbons (Fsp3) is 0.571. The van der Waals surface area contributed by atoms with Gasteiger partial charge in [-0.2, -0.15) is 8.78 Å². The van der Waals surface area contributed by atoms with Gasteiger partial charge in [-0.1, -0.05) is 6.92 Å². The highest BCUT2D eigenvalue weighted by Gasteiger charge is 2.13. The first kappa shape index (κ1) is 11.7. The lowest BCUT2D eigenvalue weighted by atomic mass is 10.4. The quantitative estimate of drug-likeness (QED) is 0.242. The molecule has 0 atom stereocenters. The van der Waals surface area contributed by atoms with Gasteiger partial charge in [-0.15, -0.1) is 5.10 Å². The van der Waals surface area contributed by atoms with Crippen LogP contribution in [-0.2, 0) is 9.47 Å². The summed E-state index contributed by atoms with van der Waals surface area (Å²) in [6.07, 6.45) is 1.92. The van der Waals surface area contributed by atoms with E-state index in [0.717, 1.165) is 0 Å². The molecule has 0 heterocycles. The lowest BCUT2D eigenvalue weighted by molar-refractivity contribution is -0.0917. The first-order valence-corrected chi connectivity index (χ1v) is 3.62. The number of alkyl halides is 2. The minimum Gasteiger partial charge on any atom is -0.477 e. The second-order valence-corrected chi connectivity index (χ2v) is 1.99. The predicted molar refractivity (Wildman–Crippen MR) is 44.1 cm³/mol. The molecule has 0 saturated carbocycles. The normalized spacial score (nSPS) is 13.3. The van der Waals surface area contributed by atoms with Gasteiger partial charge in [0.1, 0.15) is 0 Å². The largest absolute Gasteiger partial charge is 0.477 e. The van der Waals surface area contributed by atoms with Crippen molar-refractivity contribution in [2.75, 3.05) is 7.11 Å². The lowest BCUT2D eigenvalue weighted by Crippen LogP contribution is -2.13. The van der Waals surface area contributed by atoms with E-state index in [9.17, 15) is 8.78 Å². The van der Waals surface area contributed by atoms with Crippen molar-refractivity contribution >= 4 is 5.90 Å². The molecule has 0 aromatic heterocycles. The molecule has 0 unspecified atom stereocenters. The van der Waals surface area contributed by atoms with Gasteiger partial charge in [-0.3, -0.25) is 0 Å². The lowest BCUT2D eigenvalue weighted by Gasteiger charge is -2.09. The molecule has 0 aliphatic carbocycles. The van der Waals surface area contributed by atoms with Crippen molar-refractivity contribution in [2.24, 2.45) is 10.9 Å². The Balaban J connectivity index is 4.50. The standard InChI is InChI=1S/C7H12F2N2O2/c1-3-4-5(13-7(8)9)6(11-10)12-2/h4,7H,3,10H2,1-2H3/b5-4-,11-6-. The van der Waals surface area contributed by atoms with Crippen LogP contribution in [0.2, 0.25) is 0 Å². The van der Waals surface area contributed by atoms with Crippen molar-refractivity contribution < 1.29 is 18.3 Å². The summed E-state index contributed by atoms with van der Waals surface area (Å²) in [6, 6.07) is 0. The molecule has 0 amide bonds. The topological polar surface area (TPSA) is 56.8 Å². The van der Waals surface area contributed by atoms with Crippen molar-refractivity contribution in [1.29, 1.82) is 0 Å². The highest BCUT2D eigenvalue weighted by Crippen LogP contribution is 2.08. The van der Waals surface area contributed by atoms with Crippen LogP contribution in [0.25, 0.3) is 0 Å². The summed E-state index contributed by atoms with van der Waals surface area (Å²) in [6.45, 7) is -1.15. The zero-order valence-corrected chi connectivity index (χ0v) is 7.46. The molecule has 0 rings (SSSR count). The number of nitrogens with zero attached hydrogens (tertiary/aromatic N) is 1. The minimum atomic E-state index is -2.91. The third kappa shape index (κ3) is 4.29. The van der Waals surface area contributed by atoms with E-state index in [1.54, 1.807) is 6.92 Å². The minimum absolute atomic E-state index is 0.150. The maximum atomic E-state index is 11.8. The molecular formula is C7H12F2N2O2. The van der Waals surface area contributed by atoms with Gasteiger partial charge in [0.15, 0.2) is 5.76 Å². The zero-order chi connectivity index (χ0) is 10.3. The van der Waals surface area contributed by atoms with Crippen molar-refractivity contribution in [1.82, 2.24) is 0 Å². The van der Waals surface area contributed by atoms with Gasteiger partial charge in [-0.25, -0.2) is 0 Å². The Labute approximate surface area is 75.0 Å². The summed E-state index contributed by atoms with van der Waals surface area (Å²) in [7, 11) is 1.27. The van der Waals surface area contributed by atoms with E-state index in [1.165, 1.54) is 13.2 Å². The average molecular weight is 194 g/mol. The van der Waals surface area contributed by atoms with Gasteiger partial charge < -0.3 is 15.3 Å². The number of rotatable bonds is 4. The predicted octanol–water partition coefficient (Wildman–Crippen LogP) is 1.44. The van der Waals surface area contributed by atoms with Crippen molar-refractivity contribution in [3.8, 4) is 0 Å². The molecule has 0 radical (unpaired) electrons. The molecule has 0 aliphatic rings. The number of hydrogen-bond donors (Lipinski definition) is 1. The molecule has 0 saturated heterocycles. The van der Waals surface area contributed by atoms with Crippen LogP contribution in [0, 0.1) is 0 Å². The molecule has 2 N–H and O–H groups in total. The highest BCUT2D eigenvalue weighted by molar-refractivity contribution is 5.91. The van der Waals surface area contributed by atoms with Gasteiger partial charge in [0.2, 0.25) is 0 Å². The average Bonchev–Trinajstić information content (AvgIpc) is 2.05. The van der Waals surface area contributed by atoms with Gasteiger partial charge in [-0.05, 0) is 12.5 Å². The Morgan fingerprint density at radius 3 is 2.54 bits per heavy atom. The fourth-order valence-corrected chi connectivity index (χ4v) is 0.684. The summed E-state index contributed by atoms with van der Waals surface area (Å²) in [5, 5.41) is 3.15. The van der Waals surface area contributed by atoms with E-state index in [0.29, 0.717) is 6.42 Å². The van der Waals surface area contributed by atoms with Crippen LogP contribution in [0.5, 0.6) is 0 Å². The molecule has 0 aromatic carbocycles. The SMILES string of the molecule is CC/C=C(OC(F)F)/C(=N/N)OC. The number of nitrogens with two attached hydrogens (primary N) is 1. The van der Waals surface area contributed by atoms with E-state index in [1.807, 2.05) is 0 Å². The maximum Gasteiger partial charge on any atom is 0.387 e. The molecule has 0 aromatic rings. The first-order chi connectivity index (χ1) is 6.15. The van der Waals surface area contributed by atoms with Crippen LogP contribution in [-0.4, -0.2) is 19.6 Å². The molecular weight excluding hydrogens is 182 g/mol. The van der Waals surface area contributed by atoms with Gasteiger partial charge in [0.05, 0.1) is 7.11 Å². The monoisotopic (exact) mass is 194 g/mol. The smallest absolute Gasteiger partial charge is 0.387 e. The van der Waals surface area contributed by atoms with Crippen LogP contribution >= 0.6 is 0 Å². The fourth-order valence-electron chi connectivity index (χ4n) is 0.684. The van der Waals surface area contributed by atoms with Crippen LogP contribution < -0.4 is 5.84 Å². The van der Waals surface area contributed by atoms with Gasteiger partial charge in [0.25, 0.3) is 5.90 Å². The Morgan fingerprint density at radius 2 is 2.23 bits per heavy atom. The zero-order valence-electron chi connectivity index (χ0n) is 7.46. The summed E-state index contributed by atoms with van der Waals surface area (Å²) >= 11 is 0. The Hall–Kier alpha value is -1.33. The van der Waals surface area contributed by atoms with E-state index in [4.69, 9.17) is 5.84 Å². The second kappa shape index (κ2) is 6.22. The molecule has 76 valence electrons. The molecule has 0 bridgehead atoms. The van der Waals surface area contributed by atoms with Crippen LogP contribution in [0.4, 0.5) is 8.78 Å². The molecule has 0 aliphatic heterocycles. The van der Waals surface area contributed by atoms with Gasteiger partial charge in [0, 0.05) is 0 Å². The summed E-state index contributed by atoms with van der Waals surface area (Å²) in [4.78, 5) is 0. The number of hydrogen-bond acceptors (Lipinski definition) is 4. The summed E-state index contributed by atoms with van der Waals surface area (Å²) in [5.74, 6) is 4.59. The van der Waals surface area contributed by atoms with E-state index in [-0.39, 0.29) is 11.7 Å². The third-order valence-corrected chi connectivity index (χ3v) is 1.13. The molecule has 6 heteroatoms. The third-order valence-electron chi connectivity index (χ3n) is 1.13. The summed E-state index contributed by atoms with van der Waals surface area (Å²) in [5.41, 5.74) is 0. The Morgan fingerprint density at radius 1 is 1.62 bits per heavy atom. The van der Waals surface area contributed by atoms with E-state index in [2.05, 4.69) is 14.6 Å². The number of ether oxygens (including phenoxy) is 2. The van der Waals surface area contributed by atoms with Crippen molar-refractivity contribution in [2.45, 2.75) is 20.0 Å². The second-order valence-electron chi connectivity index (χ2n) is 1.99. The molecule has 4 nitrogen and oxygen atoms in total. The van der Waals surface area contributed by atoms with Crippen LogP contribution in [0.1, 0.15) is 13.3 Å². The number of methoxy groups -OCH3 is 1. The van der Waals surface area contributed by atoms with Crippen LogP contribution in [0.3, 0.4) is 0 Å². The van der Waals surface area contributed by atoms with Crippen molar-refractivity contribution in [3.63, 3.8) is 0 Å². The Kier molecular flexibility index (Phi) is 5.58. The first-order valence-electron chi connectivity index (χ1n) is 3.62. The van der Waals surface area contributed by atoms with Crippen LogP contribution in [0.15, 0.2) is 16.9 Å². The van der Waals surface area contributed by atoms with E-state index < -0.39 is 6.61 Å². The summed E-state index contributed by atoms with van der Waals surface area (Å²) < 4.78 is 32.4. The van der Waals surface area contributed by atoms with E-state index >= 15 is 0 Å². The molecule has 0 fully saturated rings. The maximum absolute atomic E-state index is 11.8. The number of hydrazone groups is 1. The Bertz CT molecular complexity index is 205.